The Kier molecular flexibility index (Phi) is 8.04. The summed E-state index contributed by atoms with van der Waals surface area (Å²) in [6.07, 6.45) is 1.55. The van der Waals surface area contributed by atoms with Gasteiger partial charge < -0.3 is 11.1 Å². The van der Waals surface area contributed by atoms with E-state index >= 15 is 0 Å². The molecule has 1 aromatic rings. The Labute approximate surface area is 175 Å². The highest BCUT2D eigenvalue weighted by atomic mass is 35.5. The molecule has 0 aromatic carbocycles. The summed E-state index contributed by atoms with van der Waals surface area (Å²) in [6, 6.07) is -0.529. The third kappa shape index (κ3) is 6.17. The van der Waals surface area contributed by atoms with Crippen LogP contribution in [0.25, 0.3) is 0 Å². The van der Waals surface area contributed by atoms with E-state index in [1.807, 2.05) is 0 Å². The summed E-state index contributed by atoms with van der Waals surface area (Å²) in [6.45, 7) is -0.631. The highest BCUT2D eigenvalue weighted by Gasteiger charge is 2.41. The van der Waals surface area contributed by atoms with Crippen LogP contribution < -0.4 is 11.1 Å². The zero-order valence-electron chi connectivity index (χ0n) is 15.2. The fourth-order valence-corrected chi connectivity index (χ4v) is 3.55. The maximum absolute atomic E-state index is 13.5. The van der Waals surface area contributed by atoms with Crippen LogP contribution in [-0.4, -0.2) is 41.1 Å². The number of pyridine rings is 1. The number of hydrogen-bond donors (Lipinski definition) is 2. The lowest BCUT2D eigenvalue weighted by Gasteiger charge is -2.21. The van der Waals surface area contributed by atoms with Gasteiger partial charge in [-0.15, -0.1) is 0 Å². The molecule has 1 aliphatic carbocycles. The van der Waals surface area contributed by atoms with Crippen LogP contribution in [0, 0.1) is 0 Å². The number of Topliss-reactive ketones (excluding diaryl/α,β-unsaturated/α-hetero) is 1. The second kappa shape index (κ2) is 10.1. The van der Waals surface area contributed by atoms with Crippen molar-refractivity contribution < 1.29 is 22.8 Å². The Bertz CT molecular complexity index is 815. The van der Waals surface area contributed by atoms with Crippen LogP contribution in [0.1, 0.15) is 42.5 Å². The number of rotatable bonds is 6. The summed E-state index contributed by atoms with van der Waals surface area (Å²) in [7, 11) is 0. The van der Waals surface area contributed by atoms with E-state index in [9.17, 15) is 22.8 Å². The number of amides is 1. The van der Waals surface area contributed by atoms with E-state index in [1.165, 1.54) is 12.4 Å². The molecule has 0 spiro atoms. The Morgan fingerprint density at radius 1 is 1.21 bits per heavy atom. The van der Waals surface area contributed by atoms with Crippen LogP contribution >= 0.6 is 23.2 Å². The van der Waals surface area contributed by atoms with Crippen LogP contribution in [0.3, 0.4) is 0 Å². The number of carbonyl (C=O) groups excluding carboxylic acids is 2. The van der Waals surface area contributed by atoms with Crippen LogP contribution in [0.4, 0.5) is 13.2 Å². The number of nitrogens with zero attached hydrogens (tertiary/aromatic N) is 2. The van der Waals surface area contributed by atoms with Gasteiger partial charge in [0.15, 0.2) is 11.5 Å². The van der Waals surface area contributed by atoms with Gasteiger partial charge in [0.2, 0.25) is 0 Å². The minimum atomic E-state index is -4.87. The molecule has 2 rings (SSSR count). The van der Waals surface area contributed by atoms with E-state index in [0.29, 0.717) is 19.0 Å². The average Bonchev–Trinajstić information content (AvgIpc) is 2.66. The van der Waals surface area contributed by atoms with Crippen LogP contribution in [-0.2, 0) is 4.79 Å². The average molecular weight is 451 g/mol. The number of halogens is 5. The number of alkyl halides is 3. The molecular weight excluding hydrogens is 432 g/mol. The summed E-state index contributed by atoms with van der Waals surface area (Å²) in [5.74, 6) is -1.86. The van der Waals surface area contributed by atoms with E-state index in [2.05, 4.69) is 15.3 Å². The van der Waals surface area contributed by atoms with Gasteiger partial charge in [-0.05, 0) is 12.8 Å². The van der Waals surface area contributed by atoms with E-state index in [4.69, 9.17) is 28.9 Å². The first-order valence-corrected chi connectivity index (χ1v) is 9.58. The number of hydrogen-bond acceptors (Lipinski definition) is 5. The van der Waals surface area contributed by atoms with E-state index in [1.54, 1.807) is 0 Å². The van der Waals surface area contributed by atoms with Crippen molar-refractivity contribution in [2.24, 2.45) is 10.7 Å². The number of aliphatic imine (C=N–C) groups is 1. The molecule has 1 amide bonds. The summed E-state index contributed by atoms with van der Waals surface area (Å²) >= 11 is 11.7. The Morgan fingerprint density at radius 3 is 2.31 bits per heavy atom. The van der Waals surface area contributed by atoms with Crippen LogP contribution in [0.2, 0.25) is 10.0 Å². The zero-order chi connectivity index (χ0) is 21.6. The quantitative estimate of drug-likeness (QED) is 0.390. The van der Waals surface area contributed by atoms with Gasteiger partial charge in [-0.2, -0.15) is 13.2 Å². The number of carbonyl (C=O) groups is 2. The molecule has 29 heavy (non-hydrogen) atoms. The summed E-state index contributed by atoms with van der Waals surface area (Å²) in [4.78, 5) is 32.1. The standard InChI is InChI=1S/C18H19Cl2F3N4O2/c19-12-7-25-8-13(20)15(12)14(28)9-26-17(29)11(6-24)16(18(21,22)23)27-10-4-2-1-3-5-10/h6-8,10H,1-5,9,24H2,(H,26,29). The zero-order valence-corrected chi connectivity index (χ0v) is 16.7. The number of nitrogens with one attached hydrogen (secondary N) is 1. The lowest BCUT2D eigenvalue weighted by molar-refractivity contribution is -0.117. The number of ketones is 1. The second-order valence-electron chi connectivity index (χ2n) is 6.43. The minimum Gasteiger partial charge on any atom is -0.404 e. The molecule has 0 saturated heterocycles. The van der Waals surface area contributed by atoms with Gasteiger partial charge in [0.25, 0.3) is 5.91 Å². The van der Waals surface area contributed by atoms with Crippen molar-refractivity contribution in [2.45, 2.75) is 44.3 Å². The van der Waals surface area contributed by atoms with Gasteiger partial charge in [0.1, 0.15) is 0 Å². The summed E-state index contributed by atoms with van der Waals surface area (Å²) in [5.41, 5.74) is 3.02. The largest absolute Gasteiger partial charge is 0.433 e. The van der Waals surface area contributed by atoms with Crippen molar-refractivity contribution in [1.82, 2.24) is 10.3 Å². The first-order valence-electron chi connectivity index (χ1n) is 8.82. The Hall–Kier alpha value is -2.13. The molecule has 11 heteroatoms. The highest BCUT2D eigenvalue weighted by molar-refractivity contribution is 6.39. The van der Waals surface area contributed by atoms with Crippen molar-refractivity contribution in [2.75, 3.05) is 6.54 Å². The van der Waals surface area contributed by atoms with Crippen LogP contribution in [0.15, 0.2) is 29.2 Å². The van der Waals surface area contributed by atoms with Crippen molar-refractivity contribution in [3.8, 4) is 0 Å². The molecule has 1 saturated carbocycles. The molecule has 158 valence electrons. The van der Waals surface area contributed by atoms with Crippen molar-refractivity contribution in [3.63, 3.8) is 0 Å². The lowest BCUT2D eigenvalue weighted by atomic mass is 9.95. The van der Waals surface area contributed by atoms with E-state index in [-0.39, 0.29) is 15.6 Å². The molecule has 1 aromatic heterocycles. The molecule has 1 fully saturated rings. The molecule has 1 heterocycles. The van der Waals surface area contributed by atoms with Crippen molar-refractivity contribution >= 4 is 40.6 Å². The second-order valence-corrected chi connectivity index (χ2v) is 7.25. The predicted octanol–water partition coefficient (Wildman–Crippen LogP) is 3.87. The lowest BCUT2D eigenvalue weighted by Crippen LogP contribution is -2.38. The maximum atomic E-state index is 13.5. The van der Waals surface area contributed by atoms with Gasteiger partial charge in [-0.1, -0.05) is 42.5 Å². The highest BCUT2D eigenvalue weighted by Crippen LogP contribution is 2.27. The van der Waals surface area contributed by atoms with E-state index in [0.717, 1.165) is 19.3 Å². The van der Waals surface area contributed by atoms with Crippen molar-refractivity contribution in [1.29, 1.82) is 0 Å². The molecular formula is C18H19Cl2F3N4O2. The normalized spacial score (nSPS) is 16.6. The molecule has 1 aliphatic rings. The Morgan fingerprint density at radius 2 is 1.79 bits per heavy atom. The molecule has 0 radical (unpaired) electrons. The molecule has 6 nitrogen and oxygen atoms in total. The van der Waals surface area contributed by atoms with Crippen molar-refractivity contribution in [3.05, 3.63) is 39.8 Å². The van der Waals surface area contributed by atoms with Gasteiger partial charge in [0, 0.05) is 18.6 Å². The van der Waals surface area contributed by atoms with Gasteiger partial charge in [-0.3, -0.25) is 19.6 Å². The van der Waals surface area contributed by atoms with Gasteiger partial charge in [-0.25, -0.2) is 0 Å². The van der Waals surface area contributed by atoms with Crippen LogP contribution in [0.5, 0.6) is 0 Å². The molecule has 0 atom stereocenters. The SMILES string of the molecule is NC=C(C(=O)NCC(=O)c1c(Cl)cncc1Cl)C(=NC1CCCCC1)C(F)(F)F. The maximum Gasteiger partial charge on any atom is 0.433 e. The van der Waals surface area contributed by atoms with Gasteiger partial charge in [0.05, 0.1) is 33.8 Å². The summed E-state index contributed by atoms with van der Waals surface area (Å²) in [5, 5.41) is 2.04. The first kappa shape index (κ1) is 23.2. The minimum absolute atomic E-state index is 0.0406. The topological polar surface area (TPSA) is 97.4 Å². The van der Waals surface area contributed by atoms with Gasteiger partial charge >= 0.3 is 6.18 Å². The third-order valence-electron chi connectivity index (χ3n) is 4.36. The Balaban J connectivity index is 2.17. The molecule has 0 aliphatic heterocycles. The number of aromatic nitrogens is 1. The smallest absolute Gasteiger partial charge is 0.404 e. The molecule has 0 unspecified atom stereocenters. The third-order valence-corrected chi connectivity index (χ3v) is 4.94. The van der Waals surface area contributed by atoms with E-state index < -0.39 is 41.7 Å². The molecule has 0 bridgehead atoms. The first-order chi connectivity index (χ1) is 13.6. The fourth-order valence-electron chi connectivity index (χ4n) is 2.97. The number of nitrogens with two attached hydrogens (primary N) is 1. The predicted molar refractivity (Wildman–Crippen MR) is 104 cm³/mol. The monoisotopic (exact) mass is 450 g/mol. The molecule has 3 N–H and O–H groups in total. The fraction of sp³-hybridized carbons (Fsp3) is 0.444. The summed E-state index contributed by atoms with van der Waals surface area (Å²) < 4.78 is 40.6.